The molecule has 37 heavy (non-hydrogen) atoms. The summed E-state index contributed by atoms with van der Waals surface area (Å²) in [6.07, 6.45) is 4.20. The first-order chi connectivity index (χ1) is 17.8. The van der Waals surface area contributed by atoms with Crippen molar-refractivity contribution in [3.63, 3.8) is 0 Å². The predicted molar refractivity (Wildman–Crippen MR) is 130 cm³/mol. The second kappa shape index (κ2) is 8.46. The van der Waals surface area contributed by atoms with Crippen LogP contribution in [-0.4, -0.2) is 52.9 Å². The summed E-state index contributed by atoms with van der Waals surface area (Å²) in [5, 5.41) is 32.2. The van der Waals surface area contributed by atoms with E-state index in [2.05, 4.69) is 34.1 Å². The van der Waals surface area contributed by atoms with Gasteiger partial charge in [-0.15, -0.1) is 5.10 Å². The van der Waals surface area contributed by atoms with Crippen molar-refractivity contribution in [1.82, 2.24) is 29.9 Å². The molecule has 0 saturated heterocycles. The Kier molecular flexibility index (Phi) is 5.43. The number of rotatable bonds is 6. The molecule has 2 aliphatic carbocycles. The zero-order chi connectivity index (χ0) is 25.9. The molecule has 4 aromatic rings. The molecule has 1 saturated carbocycles. The van der Waals surface area contributed by atoms with E-state index in [9.17, 15) is 13.9 Å². The van der Waals surface area contributed by atoms with Crippen molar-refractivity contribution in [1.29, 1.82) is 0 Å². The molecule has 3 heterocycles. The molecule has 3 atom stereocenters. The van der Waals surface area contributed by atoms with Crippen LogP contribution in [0.4, 0.5) is 8.78 Å². The van der Waals surface area contributed by atoms with E-state index in [-0.39, 0.29) is 35.7 Å². The van der Waals surface area contributed by atoms with Crippen LogP contribution in [0.25, 0.3) is 22.8 Å². The Bertz CT molecular complexity index is 1490. The normalized spacial score (nSPS) is 22.3. The summed E-state index contributed by atoms with van der Waals surface area (Å²) in [5.74, 6) is -0.769. The minimum Gasteiger partial charge on any atom is -0.394 e. The lowest BCUT2D eigenvalue weighted by molar-refractivity contribution is 0.0783. The third kappa shape index (κ3) is 3.42. The standard InChI is InChI=1S/C27H26F2N6O2/c1-26(2)17-6-9-27(26,24-16(17)12-21(32-33-24)23-18(28)4-3-5-19(23)29)22-7-10-30-25(31-22)20-8-11-35(34-20)13-15(37)14-36/h3-5,7-8,10-12,15,17,36-37H,6,9,13-14H2,1-2H3/t15?,17-,27+/m0/s1. The average molecular weight is 505 g/mol. The molecule has 8 nitrogen and oxygen atoms in total. The quantitative estimate of drug-likeness (QED) is 0.413. The number of benzene rings is 1. The first-order valence-electron chi connectivity index (χ1n) is 12.2. The molecule has 6 rings (SSSR count). The van der Waals surface area contributed by atoms with Gasteiger partial charge < -0.3 is 10.2 Å². The summed E-state index contributed by atoms with van der Waals surface area (Å²) in [4.78, 5) is 9.36. The van der Waals surface area contributed by atoms with Crippen molar-refractivity contribution in [2.75, 3.05) is 6.61 Å². The van der Waals surface area contributed by atoms with Gasteiger partial charge in [-0.3, -0.25) is 4.68 Å². The molecule has 1 unspecified atom stereocenters. The number of fused-ring (bicyclic) bond motifs is 5. The monoisotopic (exact) mass is 504 g/mol. The van der Waals surface area contributed by atoms with Crippen molar-refractivity contribution >= 4 is 0 Å². The molecule has 2 N–H and O–H groups in total. The SMILES string of the molecule is CC1(C)[C@H]2CC[C@@]1(c1ccnc(-c3ccn(CC(O)CO)n3)n1)c1nnc(-c3c(F)cccc3F)cc12. The number of aliphatic hydroxyl groups is 2. The third-order valence-electron chi connectivity index (χ3n) is 8.17. The van der Waals surface area contributed by atoms with E-state index in [1.165, 1.54) is 18.2 Å². The Balaban J connectivity index is 1.43. The van der Waals surface area contributed by atoms with Gasteiger partial charge in [0.15, 0.2) is 5.82 Å². The number of hydrogen-bond acceptors (Lipinski definition) is 7. The first-order valence-corrected chi connectivity index (χ1v) is 12.2. The smallest absolute Gasteiger partial charge is 0.180 e. The number of hydrogen-bond donors (Lipinski definition) is 2. The number of nitrogens with zero attached hydrogens (tertiary/aromatic N) is 6. The Labute approximate surface area is 212 Å². The van der Waals surface area contributed by atoms with Crippen LogP contribution in [0.1, 0.15) is 49.6 Å². The fourth-order valence-electron chi connectivity index (χ4n) is 6.33. The van der Waals surface area contributed by atoms with Crippen molar-refractivity contribution in [3.8, 4) is 22.8 Å². The minimum atomic E-state index is -0.911. The number of halogens is 2. The largest absolute Gasteiger partial charge is 0.394 e. The molecule has 0 radical (unpaired) electrons. The summed E-state index contributed by atoms with van der Waals surface area (Å²) in [6.45, 7) is 4.17. The van der Waals surface area contributed by atoms with Gasteiger partial charge >= 0.3 is 0 Å². The highest BCUT2D eigenvalue weighted by molar-refractivity contribution is 5.64. The van der Waals surface area contributed by atoms with Gasteiger partial charge in [-0.05, 0) is 60.1 Å². The van der Waals surface area contributed by atoms with Crippen molar-refractivity contribution < 1.29 is 19.0 Å². The maximum absolute atomic E-state index is 14.5. The topological polar surface area (TPSA) is 110 Å². The van der Waals surface area contributed by atoms with Crippen LogP contribution in [0.5, 0.6) is 0 Å². The van der Waals surface area contributed by atoms with Gasteiger partial charge in [-0.2, -0.15) is 10.2 Å². The molecule has 0 aliphatic heterocycles. The lowest BCUT2D eigenvalue weighted by atomic mass is 9.66. The summed E-state index contributed by atoms with van der Waals surface area (Å²) < 4.78 is 30.6. The van der Waals surface area contributed by atoms with Crippen LogP contribution < -0.4 is 0 Å². The highest BCUT2D eigenvalue weighted by Gasteiger charge is 2.65. The van der Waals surface area contributed by atoms with E-state index < -0.39 is 23.2 Å². The van der Waals surface area contributed by atoms with Gasteiger partial charge in [0.2, 0.25) is 0 Å². The summed E-state index contributed by atoms with van der Waals surface area (Å²) in [7, 11) is 0. The number of aromatic nitrogens is 6. The predicted octanol–water partition coefficient (Wildman–Crippen LogP) is 3.63. The molecular formula is C27H26F2N6O2. The van der Waals surface area contributed by atoms with Crippen LogP contribution in [0, 0.1) is 17.0 Å². The maximum Gasteiger partial charge on any atom is 0.180 e. The van der Waals surface area contributed by atoms with E-state index in [0.29, 0.717) is 11.5 Å². The molecule has 2 aliphatic rings. The van der Waals surface area contributed by atoms with E-state index in [1.54, 1.807) is 29.2 Å². The van der Waals surface area contributed by atoms with Gasteiger partial charge in [0.25, 0.3) is 0 Å². The average Bonchev–Trinajstić information content (AvgIpc) is 3.51. The van der Waals surface area contributed by atoms with Crippen molar-refractivity contribution in [2.24, 2.45) is 5.41 Å². The van der Waals surface area contributed by atoms with E-state index in [1.807, 2.05) is 6.07 Å². The molecule has 3 aromatic heterocycles. The zero-order valence-electron chi connectivity index (χ0n) is 20.4. The van der Waals surface area contributed by atoms with Crippen LogP contribution in [0.2, 0.25) is 0 Å². The molecule has 1 aromatic carbocycles. The molecule has 10 heteroatoms. The fraction of sp³-hybridized carbons (Fsp3) is 0.370. The van der Waals surface area contributed by atoms with Gasteiger partial charge in [0.05, 0.1) is 47.3 Å². The summed E-state index contributed by atoms with van der Waals surface area (Å²) in [5.41, 5.74) is 2.29. The fourth-order valence-corrected chi connectivity index (χ4v) is 6.33. The lowest BCUT2D eigenvalue weighted by Gasteiger charge is -2.37. The zero-order valence-corrected chi connectivity index (χ0v) is 20.4. The molecule has 0 amide bonds. The Morgan fingerprint density at radius 2 is 1.89 bits per heavy atom. The van der Waals surface area contributed by atoms with Gasteiger partial charge in [0, 0.05) is 12.4 Å². The Morgan fingerprint density at radius 1 is 1.11 bits per heavy atom. The Hall–Kier alpha value is -3.63. The van der Waals surface area contributed by atoms with Crippen LogP contribution >= 0.6 is 0 Å². The minimum absolute atomic E-state index is 0.129. The highest BCUT2D eigenvalue weighted by Crippen LogP contribution is 2.69. The van der Waals surface area contributed by atoms with Crippen molar-refractivity contribution in [2.45, 2.75) is 50.7 Å². The summed E-state index contributed by atoms with van der Waals surface area (Å²) in [6, 6.07) is 9.22. The Morgan fingerprint density at radius 3 is 2.65 bits per heavy atom. The molecule has 0 spiro atoms. The second-order valence-corrected chi connectivity index (χ2v) is 10.4. The van der Waals surface area contributed by atoms with E-state index in [4.69, 9.17) is 10.1 Å². The molecular weight excluding hydrogens is 478 g/mol. The number of aliphatic hydroxyl groups excluding tert-OH is 2. The molecule has 190 valence electrons. The molecule has 2 bridgehead atoms. The van der Waals surface area contributed by atoms with Gasteiger partial charge in [-0.25, -0.2) is 18.7 Å². The van der Waals surface area contributed by atoms with Crippen LogP contribution in [0.15, 0.2) is 48.8 Å². The van der Waals surface area contributed by atoms with Gasteiger partial charge in [-0.1, -0.05) is 19.9 Å². The lowest BCUT2D eigenvalue weighted by Crippen LogP contribution is -2.38. The summed E-state index contributed by atoms with van der Waals surface area (Å²) >= 11 is 0. The highest BCUT2D eigenvalue weighted by atomic mass is 19.1. The van der Waals surface area contributed by atoms with Crippen LogP contribution in [0.3, 0.4) is 0 Å². The first kappa shape index (κ1) is 23.7. The van der Waals surface area contributed by atoms with Crippen LogP contribution in [-0.2, 0) is 12.0 Å². The van der Waals surface area contributed by atoms with E-state index in [0.717, 1.165) is 29.8 Å². The third-order valence-corrected chi connectivity index (χ3v) is 8.17. The maximum atomic E-state index is 14.5. The van der Waals surface area contributed by atoms with Crippen molar-refractivity contribution in [3.05, 3.63) is 77.4 Å². The van der Waals surface area contributed by atoms with E-state index >= 15 is 0 Å². The molecule has 1 fully saturated rings. The van der Waals surface area contributed by atoms with Gasteiger partial charge in [0.1, 0.15) is 17.3 Å². The second-order valence-electron chi connectivity index (χ2n) is 10.4.